The first-order valence-corrected chi connectivity index (χ1v) is 9.00. The minimum Gasteiger partial charge on any atom is -0.381 e. The Kier molecular flexibility index (Phi) is 8.02. The van der Waals surface area contributed by atoms with Crippen LogP contribution in [0.2, 0.25) is 0 Å². The maximum Gasteiger partial charge on any atom is 0.193 e. The van der Waals surface area contributed by atoms with E-state index in [1.54, 1.807) is 12.1 Å². The number of halogens is 1. The fourth-order valence-corrected chi connectivity index (χ4v) is 2.97. The van der Waals surface area contributed by atoms with Crippen molar-refractivity contribution in [1.29, 1.82) is 0 Å². The second-order valence-electron chi connectivity index (χ2n) is 6.38. The Bertz CT molecular complexity index is 515. The monoisotopic (exact) mass is 335 g/mol. The van der Waals surface area contributed by atoms with Gasteiger partial charge in [-0.2, -0.15) is 0 Å². The SMILES string of the molecule is CCNC(=NCCc1cccc(F)c1)N(C)CCC1CCOCC1. The van der Waals surface area contributed by atoms with E-state index >= 15 is 0 Å². The van der Waals surface area contributed by atoms with Crippen molar-refractivity contribution < 1.29 is 9.13 Å². The third-order valence-corrected chi connectivity index (χ3v) is 4.46. The van der Waals surface area contributed by atoms with Crippen LogP contribution in [-0.4, -0.2) is 50.8 Å². The Labute approximate surface area is 145 Å². The molecule has 0 saturated carbocycles. The van der Waals surface area contributed by atoms with Crippen LogP contribution in [0.4, 0.5) is 4.39 Å². The van der Waals surface area contributed by atoms with E-state index < -0.39 is 0 Å². The largest absolute Gasteiger partial charge is 0.381 e. The topological polar surface area (TPSA) is 36.9 Å². The molecule has 4 nitrogen and oxygen atoms in total. The van der Waals surface area contributed by atoms with Crippen molar-refractivity contribution in [2.24, 2.45) is 10.9 Å². The molecule has 134 valence electrons. The minimum atomic E-state index is -0.183. The maximum absolute atomic E-state index is 13.2. The molecule has 1 heterocycles. The summed E-state index contributed by atoms with van der Waals surface area (Å²) in [7, 11) is 2.09. The number of nitrogens with zero attached hydrogens (tertiary/aromatic N) is 2. The molecule has 0 aromatic heterocycles. The van der Waals surface area contributed by atoms with Crippen molar-refractivity contribution in [1.82, 2.24) is 10.2 Å². The second-order valence-corrected chi connectivity index (χ2v) is 6.38. The van der Waals surface area contributed by atoms with Crippen molar-refractivity contribution in [2.45, 2.75) is 32.6 Å². The Morgan fingerprint density at radius 1 is 1.38 bits per heavy atom. The molecule has 0 amide bonds. The molecule has 1 saturated heterocycles. The molecule has 0 radical (unpaired) electrons. The van der Waals surface area contributed by atoms with Crippen LogP contribution in [-0.2, 0) is 11.2 Å². The lowest BCUT2D eigenvalue weighted by atomic mass is 9.96. The van der Waals surface area contributed by atoms with E-state index in [0.29, 0.717) is 6.54 Å². The summed E-state index contributed by atoms with van der Waals surface area (Å²) in [5.41, 5.74) is 0.986. The molecule has 0 unspecified atom stereocenters. The van der Waals surface area contributed by atoms with Crippen LogP contribution in [0.25, 0.3) is 0 Å². The van der Waals surface area contributed by atoms with Crippen molar-refractivity contribution in [3.63, 3.8) is 0 Å². The summed E-state index contributed by atoms with van der Waals surface area (Å²) in [5.74, 6) is 1.51. The summed E-state index contributed by atoms with van der Waals surface area (Å²) in [5, 5.41) is 3.34. The van der Waals surface area contributed by atoms with E-state index in [9.17, 15) is 4.39 Å². The first kappa shape index (κ1) is 18.7. The highest BCUT2D eigenvalue weighted by molar-refractivity contribution is 5.79. The normalized spacial score (nSPS) is 16.2. The van der Waals surface area contributed by atoms with Crippen molar-refractivity contribution >= 4 is 5.96 Å². The molecule has 2 rings (SSSR count). The zero-order valence-corrected chi connectivity index (χ0v) is 14.9. The highest BCUT2D eigenvalue weighted by Gasteiger charge is 2.15. The van der Waals surface area contributed by atoms with Crippen molar-refractivity contribution in [3.8, 4) is 0 Å². The third-order valence-electron chi connectivity index (χ3n) is 4.46. The molecule has 1 aliphatic rings. The highest BCUT2D eigenvalue weighted by Crippen LogP contribution is 2.18. The zero-order valence-electron chi connectivity index (χ0n) is 14.9. The first-order chi connectivity index (χ1) is 11.7. The summed E-state index contributed by atoms with van der Waals surface area (Å²) in [6, 6.07) is 6.75. The van der Waals surface area contributed by atoms with Crippen LogP contribution in [0, 0.1) is 11.7 Å². The second kappa shape index (κ2) is 10.3. The van der Waals surface area contributed by atoms with Gasteiger partial charge in [0.05, 0.1) is 0 Å². The molecule has 5 heteroatoms. The Hall–Kier alpha value is -1.62. The van der Waals surface area contributed by atoms with Gasteiger partial charge in [-0.05, 0) is 56.2 Å². The molecule has 1 aliphatic heterocycles. The average Bonchev–Trinajstić information content (AvgIpc) is 2.60. The number of guanidine groups is 1. The van der Waals surface area contributed by atoms with E-state index in [2.05, 4.69) is 29.2 Å². The number of ether oxygens (including phenoxy) is 1. The van der Waals surface area contributed by atoms with Crippen LogP contribution in [0.15, 0.2) is 29.3 Å². The van der Waals surface area contributed by atoms with E-state index in [1.807, 2.05) is 6.07 Å². The van der Waals surface area contributed by atoms with E-state index in [0.717, 1.165) is 50.2 Å². The predicted molar refractivity (Wildman–Crippen MR) is 96.9 cm³/mol. The Morgan fingerprint density at radius 3 is 2.88 bits per heavy atom. The van der Waals surface area contributed by atoms with Gasteiger partial charge in [-0.25, -0.2) is 4.39 Å². The van der Waals surface area contributed by atoms with Crippen LogP contribution in [0.5, 0.6) is 0 Å². The lowest BCUT2D eigenvalue weighted by molar-refractivity contribution is 0.0625. The number of aliphatic imine (C=N–C) groups is 1. The maximum atomic E-state index is 13.2. The third kappa shape index (κ3) is 6.48. The van der Waals surface area contributed by atoms with E-state index in [1.165, 1.54) is 25.3 Å². The van der Waals surface area contributed by atoms with Crippen LogP contribution in [0.3, 0.4) is 0 Å². The molecule has 0 spiro atoms. The first-order valence-electron chi connectivity index (χ1n) is 9.00. The van der Waals surface area contributed by atoms with Gasteiger partial charge in [0.15, 0.2) is 5.96 Å². The molecular weight excluding hydrogens is 305 g/mol. The van der Waals surface area contributed by atoms with Crippen LogP contribution < -0.4 is 5.32 Å². The Morgan fingerprint density at radius 2 is 2.17 bits per heavy atom. The number of nitrogens with one attached hydrogen (secondary N) is 1. The van der Waals surface area contributed by atoms with E-state index in [-0.39, 0.29) is 5.82 Å². The predicted octanol–water partition coefficient (Wildman–Crippen LogP) is 3.08. The lowest BCUT2D eigenvalue weighted by Crippen LogP contribution is -2.40. The zero-order chi connectivity index (χ0) is 17.2. The summed E-state index contributed by atoms with van der Waals surface area (Å²) < 4.78 is 18.6. The molecule has 24 heavy (non-hydrogen) atoms. The van der Waals surface area contributed by atoms with Gasteiger partial charge in [0.2, 0.25) is 0 Å². The lowest BCUT2D eigenvalue weighted by Gasteiger charge is -2.26. The van der Waals surface area contributed by atoms with E-state index in [4.69, 9.17) is 4.74 Å². The fraction of sp³-hybridized carbons (Fsp3) is 0.632. The quantitative estimate of drug-likeness (QED) is 0.614. The molecule has 0 bridgehead atoms. The minimum absolute atomic E-state index is 0.183. The summed E-state index contributed by atoms with van der Waals surface area (Å²) in [6.07, 6.45) is 4.26. The number of hydrogen-bond donors (Lipinski definition) is 1. The summed E-state index contributed by atoms with van der Waals surface area (Å²) in [6.45, 7) is 6.38. The molecule has 0 aliphatic carbocycles. The molecule has 0 atom stereocenters. The van der Waals surface area contributed by atoms with Crippen molar-refractivity contribution in [3.05, 3.63) is 35.6 Å². The van der Waals surface area contributed by atoms with Gasteiger partial charge < -0.3 is 15.0 Å². The number of hydrogen-bond acceptors (Lipinski definition) is 2. The molecule has 1 aromatic carbocycles. The number of rotatable bonds is 7. The summed E-state index contributed by atoms with van der Waals surface area (Å²) in [4.78, 5) is 6.89. The number of benzene rings is 1. The fourth-order valence-electron chi connectivity index (χ4n) is 2.97. The molecule has 1 N–H and O–H groups in total. The van der Waals surface area contributed by atoms with Gasteiger partial charge in [-0.15, -0.1) is 0 Å². The van der Waals surface area contributed by atoms with Crippen LogP contribution >= 0.6 is 0 Å². The average molecular weight is 335 g/mol. The Balaban J connectivity index is 1.81. The smallest absolute Gasteiger partial charge is 0.193 e. The molecular formula is C19H30FN3O. The van der Waals surface area contributed by atoms with Gasteiger partial charge in [0, 0.05) is 39.9 Å². The van der Waals surface area contributed by atoms with Gasteiger partial charge in [0.1, 0.15) is 5.82 Å². The summed E-state index contributed by atoms with van der Waals surface area (Å²) >= 11 is 0. The van der Waals surface area contributed by atoms with Gasteiger partial charge in [0.25, 0.3) is 0 Å². The highest BCUT2D eigenvalue weighted by atomic mass is 19.1. The van der Waals surface area contributed by atoms with Gasteiger partial charge in [-0.3, -0.25) is 4.99 Å². The standard InChI is InChI=1S/C19H30FN3O/c1-3-21-19(22-11-7-17-5-4-6-18(20)15-17)23(2)12-8-16-9-13-24-14-10-16/h4-6,15-16H,3,7-14H2,1-2H3,(H,21,22). The molecule has 1 fully saturated rings. The molecule has 1 aromatic rings. The van der Waals surface area contributed by atoms with Gasteiger partial charge >= 0.3 is 0 Å². The van der Waals surface area contributed by atoms with Crippen molar-refractivity contribution in [2.75, 3.05) is 39.9 Å². The van der Waals surface area contributed by atoms with Gasteiger partial charge in [-0.1, -0.05) is 12.1 Å². The van der Waals surface area contributed by atoms with Crippen LogP contribution in [0.1, 0.15) is 31.7 Å².